The zero-order valence-electron chi connectivity index (χ0n) is 34.7. The predicted octanol–water partition coefficient (Wildman–Crippen LogP) is 13.8. The van der Waals surface area contributed by atoms with Gasteiger partial charge in [0, 0.05) is 12.8 Å². The summed E-state index contributed by atoms with van der Waals surface area (Å²) in [6, 6.07) is 0. The normalized spacial score (nSPS) is 12.5. The van der Waals surface area contributed by atoms with Crippen LogP contribution in [0.15, 0.2) is 12.2 Å². The monoisotopic (exact) mass is 773 g/mol. The Morgan fingerprint density at radius 2 is 0.792 bits per heavy atom. The Labute approximate surface area is 327 Å². The first kappa shape index (κ1) is 51.8. The minimum absolute atomic E-state index is 0.206. The van der Waals surface area contributed by atoms with Crippen LogP contribution < -0.4 is 0 Å². The van der Waals surface area contributed by atoms with Gasteiger partial charge in [0.05, 0.1) is 6.61 Å². The van der Waals surface area contributed by atoms with E-state index in [1.807, 2.05) is 0 Å². The number of hydrogen-bond acceptors (Lipinski definition) is 6. The third kappa shape index (κ3) is 43.4. The summed E-state index contributed by atoms with van der Waals surface area (Å²) in [5, 5.41) is 0. The number of esters is 2. The van der Waals surface area contributed by atoms with Gasteiger partial charge < -0.3 is 19.3 Å². The molecule has 0 aromatic rings. The van der Waals surface area contributed by atoms with Crippen LogP contribution >= 0.6 is 7.82 Å². The molecule has 0 fully saturated rings. The first-order valence-electron chi connectivity index (χ1n) is 22.5. The number of unbranched alkanes of at least 4 members (excludes halogenated alkanes) is 30. The SMILES string of the molecule is CCCCCCCC/C=C\CCCCCCCC(=O)OC(COC(=O)CCCCCCCCCCCCCCCCCCCCCC)COP(=O)(O)O. The molecule has 0 saturated carbocycles. The Bertz CT molecular complexity index is 873. The lowest BCUT2D eigenvalue weighted by Crippen LogP contribution is -2.29. The first-order chi connectivity index (χ1) is 25.8. The average Bonchev–Trinajstić information content (AvgIpc) is 3.13. The van der Waals surface area contributed by atoms with Gasteiger partial charge >= 0.3 is 19.8 Å². The summed E-state index contributed by atoms with van der Waals surface area (Å²) in [5.74, 6) is -0.881. The minimum Gasteiger partial charge on any atom is -0.462 e. The number of allylic oxidation sites excluding steroid dienone is 2. The average molecular weight is 773 g/mol. The number of carbonyl (C=O) groups excluding carboxylic acids is 2. The number of hydrogen-bond donors (Lipinski definition) is 2. The van der Waals surface area contributed by atoms with Crippen molar-refractivity contribution in [1.82, 2.24) is 0 Å². The van der Waals surface area contributed by atoms with Crippen LogP contribution in [0.3, 0.4) is 0 Å². The highest BCUT2D eigenvalue weighted by molar-refractivity contribution is 7.46. The van der Waals surface area contributed by atoms with Gasteiger partial charge in [0.2, 0.25) is 0 Å². The molecular formula is C44H85O8P. The molecule has 0 aliphatic rings. The molecule has 0 aromatic carbocycles. The van der Waals surface area contributed by atoms with Crippen molar-refractivity contribution in [2.75, 3.05) is 13.2 Å². The van der Waals surface area contributed by atoms with E-state index in [2.05, 4.69) is 30.5 Å². The molecule has 9 heteroatoms. The van der Waals surface area contributed by atoms with Crippen LogP contribution in [0.5, 0.6) is 0 Å². The van der Waals surface area contributed by atoms with Gasteiger partial charge in [-0.2, -0.15) is 0 Å². The smallest absolute Gasteiger partial charge is 0.462 e. The van der Waals surface area contributed by atoms with Crippen molar-refractivity contribution in [2.24, 2.45) is 0 Å². The molecule has 0 bridgehead atoms. The van der Waals surface area contributed by atoms with Crippen LogP contribution in [0.1, 0.15) is 239 Å². The van der Waals surface area contributed by atoms with E-state index in [1.165, 1.54) is 154 Å². The van der Waals surface area contributed by atoms with Gasteiger partial charge in [-0.3, -0.25) is 14.1 Å². The number of ether oxygens (including phenoxy) is 2. The van der Waals surface area contributed by atoms with E-state index in [9.17, 15) is 14.2 Å². The lowest BCUT2D eigenvalue weighted by atomic mass is 10.0. The predicted molar refractivity (Wildman–Crippen MR) is 221 cm³/mol. The van der Waals surface area contributed by atoms with Gasteiger partial charge in [-0.25, -0.2) is 4.57 Å². The molecule has 1 unspecified atom stereocenters. The molecule has 0 heterocycles. The number of phosphoric ester groups is 1. The zero-order chi connectivity index (χ0) is 38.9. The van der Waals surface area contributed by atoms with Crippen molar-refractivity contribution in [3.63, 3.8) is 0 Å². The third-order valence-corrected chi connectivity index (χ3v) is 10.5. The second kappa shape index (κ2) is 40.5. The number of rotatable bonds is 42. The molecule has 53 heavy (non-hydrogen) atoms. The van der Waals surface area contributed by atoms with Crippen molar-refractivity contribution >= 4 is 19.8 Å². The highest BCUT2D eigenvalue weighted by Crippen LogP contribution is 2.36. The molecule has 0 aliphatic carbocycles. The van der Waals surface area contributed by atoms with Crippen molar-refractivity contribution in [3.8, 4) is 0 Å². The molecule has 0 spiro atoms. The fraction of sp³-hybridized carbons (Fsp3) is 0.909. The van der Waals surface area contributed by atoms with Crippen molar-refractivity contribution in [1.29, 1.82) is 0 Å². The van der Waals surface area contributed by atoms with Crippen LogP contribution in [-0.2, 0) is 28.2 Å². The highest BCUT2D eigenvalue weighted by Gasteiger charge is 2.23. The lowest BCUT2D eigenvalue weighted by molar-refractivity contribution is -0.161. The Balaban J connectivity index is 3.83. The largest absolute Gasteiger partial charge is 0.469 e. The zero-order valence-corrected chi connectivity index (χ0v) is 35.6. The molecule has 0 radical (unpaired) electrons. The molecule has 0 rings (SSSR count). The van der Waals surface area contributed by atoms with E-state index in [0.717, 1.165) is 51.4 Å². The summed E-state index contributed by atoms with van der Waals surface area (Å²) in [5.41, 5.74) is 0. The van der Waals surface area contributed by atoms with Gasteiger partial charge in [0.25, 0.3) is 0 Å². The molecule has 0 aromatic heterocycles. The molecule has 0 saturated heterocycles. The fourth-order valence-electron chi connectivity index (χ4n) is 6.66. The van der Waals surface area contributed by atoms with Gasteiger partial charge in [-0.05, 0) is 38.5 Å². The Morgan fingerprint density at radius 3 is 1.15 bits per heavy atom. The van der Waals surface area contributed by atoms with E-state index >= 15 is 0 Å². The molecule has 8 nitrogen and oxygen atoms in total. The van der Waals surface area contributed by atoms with Crippen LogP contribution in [-0.4, -0.2) is 41.0 Å². The first-order valence-corrected chi connectivity index (χ1v) is 24.0. The van der Waals surface area contributed by atoms with Gasteiger partial charge in [-0.1, -0.05) is 199 Å². The molecule has 2 N–H and O–H groups in total. The maximum absolute atomic E-state index is 12.4. The summed E-state index contributed by atoms with van der Waals surface area (Å²) >= 11 is 0. The molecule has 0 amide bonds. The summed E-state index contributed by atoms with van der Waals surface area (Å²) in [6.45, 7) is 3.71. The summed E-state index contributed by atoms with van der Waals surface area (Å²) in [7, 11) is -4.75. The van der Waals surface area contributed by atoms with Crippen LogP contribution in [0, 0.1) is 0 Å². The number of phosphoric acid groups is 1. The standard InChI is InChI=1S/C44H85O8P/c1-3-5-7-9-11-13-15-17-19-20-21-22-23-25-26-28-30-32-34-36-38-43(45)50-40-42(41-51-53(47,48)49)52-44(46)39-37-35-33-31-29-27-24-18-16-14-12-10-8-6-4-2/h18,24,42H,3-17,19-23,25-41H2,1-2H3,(H2,47,48,49)/b24-18-. The maximum Gasteiger partial charge on any atom is 0.469 e. The second-order valence-corrected chi connectivity index (χ2v) is 16.6. The van der Waals surface area contributed by atoms with Gasteiger partial charge in [0.1, 0.15) is 6.61 Å². The maximum atomic E-state index is 12.4. The van der Waals surface area contributed by atoms with E-state index in [4.69, 9.17) is 19.3 Å². The van der Waals surface area contributed by atoms with E-state index in [1.54, 1.807) is 0 Å². The van der Waals surface area contributed by atoms with Crippen LogP contribution in [0.2, 0.25) is 0 Å². The lowest BCUT2D eigenvalue weighted by Gasteiger charge is -2.18. The molecular weight excluding hydrogens is 687 g/mol. The Hall–Kier alpha value is -1.21. The summed E-state index contributed by atoms with van der Waals surface area (Å²) in [4.78, 5) is 42.9. The van der Waals surface area contributed by atoms with E-state index in [-0.39, 0.29) is 19.4 Å². The van der Waals surface area contributed by atoms with E-state index in [0.29, 0.717) is 6.42 Å². The molecule has 314 valence electrons. The second-order valence-electron chi connectivity index (χ2n) is 15.4. The van der Waals surface area contributed by atoms with Gasteiger partial charge in [-0.15, -0.1) is 0 Å². The minimum atomic E-state index is -4.75. The van der Waals surface area contributed by atoms with Crippen molar-refractivity contribution < 1.29 is 37.9 Å². The van der Waals surface area contributed by atoms with Crippen LogP contribution in [0.4, 0.5) is 0 Å². The quantitative estimate of drug-likeness (QED) is 0.0272. The molecule has 1 atom stereocenters. The van der Waals surface area contributed by atoms with Crippen molar-refractivity contribution in [2.45, 2.75) is 245 Å². The summed E-state index contributed by atoms with van der Waals surface area (Å²) in [6.07, 6.45) is 45.1. The number of carbonyl (C=O) groups is 2. The Morgan fingerprint density at radius 1 is 0.472 bits per heavy atom. The molecule has 0 aliphatic heterocycles. The van der Waals surface area contributed by atoms with Gasteiger partial charge in [0.15, 0.2) is 6.10 Å². The fourth-order valence-corrected chi connectivity index (χ4v) is 7.02. The highest BCUT2D eigenvalue weighted by atomic mass is 31.2. The van der Waals surface area contributed by atoms with Crippen molar-refractivity contribution in [3.05, 3.63) is 12.2 Å². The van der Waals surface area contributed by atoms with E-state index < -0.39 is 32.5 Å². The summed E-state index contributed by atoms with van der Waals surface area (Å²) < 4.78 is 26.4. The van der Waals surface area contributed by atoms with Crippen LogP contribution in [0.25, 0.3) is 0 Å². The topological polar surface area (TPSA) is 119 Å². The Kier molecular flexibility index (Phi) is 39.5. The third-order valence-electron chi connectivity index (χ3n) is 10.0.